The van der Waals surface area contributed by atoms with Crippen molar-refractivity contribution >= 4 is 23.3 Å². The fourth-order valence-electron chi connectivity index (χ4n) is 2.56. The number of hydrogen-bond donors (Lipinski definition) is 1. The number of aromatic nitrogens is 4. The Morgan fingerprint density at radius 1 is 1.12 bits per heavy atom. The van der Waals surface area contributed by atoms with Gasteiger partial charge >= 0.3 is 6.01 Å². The standard InChI is InChI=1S/C18H15N5O2S/c1-11-15(26-12(2)19-11)17-21-22-18(25-17)20-16(24)13-5-7-14(8-6-13)23-9-3-4-10-23/h3-10H,1-2H3,(H,20,22,24). The highest BCUT2D eigenvalue weighted by atomic mass is 32.1. The SMILES string of the molecule is Cc1nc(C)c(-c2nnc(NC(=O)c3ccc(-n4cccc4)cc3)o2)s1. The van der Waals surface area contributed by atoms with Crippen LogP contribution in [0.4, 0.5) is 6.01 Å². The zero-order valence-corrected chi connectivity index (χ0v) is 14.9. The fourth-order valence-corrected chi connectivity index (χ4v) is 3.40. The summed E-state index contributed by atoms with van der Waals surface area (Å²) in [7, 11) is 0. The van der Waals surface area contributed by atoms with Crippen LogP contribution in [-0.4, -0.2) is 25.7 Å². The number of aryl methyl sites for hydroxylation is 2. The van der Waals surface area contributed by atoms with Crippen LogP contribution in [0, 0.1) is 13.8 Å². The molecule has 0 aliphatic heterocycles. The Labute approximate surface area is 153 Å². The lowest BCUT2D eigenvalue weighted by atomic mass is 10.2. The molecule has 0 fully saturated rings. The number of carbonyl (C=O) groups excluding carboxylic acids is 1. The minimum atomic E-state index is -0.309. The normalized spacial score (nSPS) is 10.8. The molecule has 130 valence electrons. The monoisotopic (exact) mass is 365 g/mol. The Morgan fingerprint density at radius 3 is 2.50 bits per heavy atom. The molecule has 1 amide bonds. The van der Waals surface area contributed by atoms with Crippen LogP contribution in [0.15, 0.2) is 53.2 Å². The van der Waals surface area contributed by atoms with Crippen molar-refractivity contribution in [1.82, 2.24) is 19.7 Å². The molecule has 4 aromatic rings. The summed E-state index contributed by atoms with van der Waals surface area (Å²) in [5.74, 6) is 0.0443. The van der Waals surface area contributed by atoms with Gasteiger partial charge in [-0.25, -0.2) is 4.98 Å². The van der Waals surface area contributed by atoms with Crippen LogP contribution in [0.5, 0.6) is 0 Å². The molecule has 0 spiro atoms. The van der Waals surface area contributed by atoms with Crippen molar-refractivity contribution in [1.29, 1.82) is 0 Å². The van der Waals surface area contributed by atoms with E-state index in [2.05, 4.69) is 20.5 Å². The zero-order chi connectivity index (χ0) is 18.1. The Morgan fingerprint density at radius 2 is 1.85 bits per heavy atom. The molecule has 1 aromatic carbocycles. The average Bonchev–Trinajstić information content (AvgIpc) is 3.36. The van der Waals surface area contributed by atoms with Crippen LogP contribution in [-0.2, 0) is 0 Å². The van der Waals surface area contributed by atoms with Crippen LogP contribution >= 0.6 is 11.3 Å². The van der Waals surface area contributed by atoms with Crippen LogP contribution in [0.1, 0.15) is 21.1 Å². The lowest BCUT2D eigenvalue weighted by molar-refractivity contribution is 0.102. The number of benzene rings is 1. The lowest BCUT2D eigenvalue weighted by Crippen LogP contribution is -2.12. The van der Waals surface area contributed by atoms with Crippen LogP contribution in [0.25, 0.3) is 16.5 Å². The Hall–Kier alpha value is -3.26. The topological polar surface area (TPSA) is 85.8 Å². The Balaban J connectivity index is 1.49. The molecule has 8 heteroatoms. The number of rotatable bonds is 4. The van der Waals surface area contributed by atoms with E-state index in [4.69, 9.17) is 4.42 Å². The van der Waals surface area contributed by atoms with E-state index in [0.29, 0.717) is 11.5 Å². The summed E-state index contributed by atoms with van der Waals surface area (Å²) in [6, 6.07) is 11.2. The minimum Gasteiger partial charge on any atom is -0.402 e. The van der Waals surface area contributed by atoms with Gasteiger partial charge in [0.2, 0.25) is 0 Å². The molecule has 0 saturated heterocycles. The van der Waals surface area contributed by atoms with Crippen molar-refractivity contribution in [2.24, 2.45) is 0 Å². The van der Waals surface area contributed by atoms with Gasteiger partial charge < -0.3 is 8.98 Å². The van der Waals surface area contributed by atoms with E-state index in [1.807, 2.05) is 55.1 Å². The molecular weight excluding hydrogens is 350 g/mol. The Kier molecular flexibility index (Phi) is 4.10. The van der Waals surface area contributed by atoms with Gasteiger partial charge in [0.1, 0.15) is 4.88 Å². The minimum absolute atomic E-state index is 0.0601. The predicted octanol–water partition coefficient (Wildman–Crippen LogP) is 3.85. The second kappa shape index (κ2) is 6.57. The largest absolute Gasteiger partial charge is 0.402 e. The summed E-state index contributed by atoms with van der Waals surface area (Å²) in [5, 5.41) is 11.4. The first-order chi connectivity index (χ1) is 12.6. The highest BCUT2D eigenvalue weighted by Crippen LogP contribution is 2.29. The number of amides is 1. The van der Waals surface area contributed by atoms with E-state index >= 15 is 0 Å². The summed E-state index contributed by atoms with van der Waals surface area (Å²) in [5.41, 5.74) is 2.31. The number of thiazole rings is 1. The molecule has 1 N–H and O–H groups in total. The fraction of sp³-hybridized carbons (Fsp3) is 0.111. The lowest BCUT2D eigenvalue weighted by Gasteiger charge is -2.04. The third-order valence-electron chi connectivity index (χ3n) is 3.78. The van der Waals surface area contributed by atoms with E-state index in [1.54, 1.807) is 12.1 Å². The van der Waals surface area contributed by atoms with Crippen molar-refractivity contribution < 1.29 is 9.21 Å². The van der Waals surface area contributed by atoms with Crippen LogP contribution < -0.4 is 5.32 Å². The van der Waals surface area contributed by atoms with Gasteiger partial charge in [-0.2, -0.15) is 0 Å². The van der Waals surface area contributed by atoms with Crippen molar-refractivity contribution in [2.45, 2.75) is 13.8 Å². The smallest absolute Gasteiger partial charge is 0.322 e. The third-order valence-corrected chi connectivity index (χ3v) is 4.84. The van der Waals surface area contributed by atoms with E-state index in [9.17, 15) is 4.79 Å². The van der Waals surface area contributed by atoms with Gasteiger partial charge in [0.25, 0.3) is 11.8 Å². The first kappa shape index (κ1) is 16.2. The summed E-state index contributed by atoms with van der Waals surface area (Å²) in [6.45, 7) is 3.80. The summed E-state index contributed by atoms with van der Waals surface area (Å²) in [4.78, 5) is 17.5. The van der Waals surface area contributed by atoms with Gasteiger partial charge in [0, 0.05) is 23.6 Å². The van der Waals surface area contributed by atoms with Crippen molar-refractivity contribution in [3.63, 3.8) is 0 Å². The number of hydrogen-bond acceptors (Lipinski definition) is 6. The maximum Gasteiger partial charge on any atom is 0.322 e. The second-order valence-electron chi connectivity index (χ2n) is 5.65. The maximum atomic E-state index is 12.4. The summed E-state index contributed by atoms with van der Waals surface area (Å²) >= 11 is 1.47. The molecule has 0 aliphatic rings. The van der Waals surface area contributed by atoms with Gasteiger partial charge in [0.05, 0.1) is 10.7 Å². The molecule has 3 aromatic heterocycles. The van der Waals surface area contributed by atoms with Gasteiger partial charge in [0.15, 0.2) is 0 Å². The number of nitrogens with zero attached hydrogens (tertiary/aromatic N) is 4. The molecule has 4 rings (SSSR count). The molecule has 0 aliphatic carbocycles. The first-order valence-electron chi connectivity index (χ1n) is 7.93. The van der Waals surface area contributed by atoms with E-state index in [-0.39, 0.29) is 11.9 Å². The van der Waals surface area contributed by atoms with E-state index in [0.717, 1.165) is 21.3 Å². The number of nitrogens with one attached hydrogen (secondary N) is 1. The van der Waals surface area contributed by atoms with Gasteiger partial charge in [-0.05, 0) is 50.2 Å². The number of carbonyl (C=O) groups is 1. The Bertz CT molecular complexity index is 1050. The molecule has 3 heterocycles. The van der Waals surface area contributed by atoms with Crippen molar-refractivity contribution in [2.75, 3.05) is 5.32 Å². The highest BCUT2D eigenvalue weighted by Gasteiger charge is 2.16. The first-order valence-corrected chi connectivity index (χ1v) is 8.74. The highest BCUT2D eigenvalue weighted by molar-refractivity contribution is 7.15. The van der Waals surface area contributed by atoms with Gasteiger partial charge in [-0.15, -0.1) is 16.4 Å². The van der Waals surface area contributed by atoms with E-state index in [1.165, 1.54) is 11.3 Å². The quantitative estimate of drug-likeness (QED) is 0.594. The van der Waals surface area contributed by atoms with Crippen LogP contribution in [0.2, 0.25) is 0 Å². The van der Waals surface area contributed by atoms with Gasteiger partial charge in [-0.3, -0.25) is 10.1 Å². The molecule has 0 unspecified atom stereocenters. The van der Waals surface area contributed by atoms with Gasteiger partial charge in [-0.1, -0.05) is 5.10 Å². The van der Waals surface area contributed by atoms with E-state index < -0.39 is 0 Å². The summed E-state index contributed by atoms with van der Waals surface area (Å²) in [6.07, 6.45) is 3.89. The molecular formula is C18H15N5O2S. The molecule has 0 bridgehead atoms. The molecule has 0 saturated carbocycles. The maximum absolute atomic E-state index is 12.4. The molecule has 26 heavy (non-hydrogen) atoms. The van der Waals surface area contributed by atoms with Crippen molar-refractivity contribution in [3.05, 3.63) is 65.1 Å². The predicted molar refractivity (Wildman–Crippen MR) is 98.6 cm³/mol. The van der Waals surface area contributed by atoms with Crippen molar-refractivity contribution in [3.8, 4) is 16.5 Å². The molecule has 0 radical (unpaired) electrons. The molecule has 0 atom stereocenters. The second-order valence-corrected chi connectivity index (χ2v) is 6.85. The zero-order valence-electron chi connectivity index (χ0n) is 14.1. The number of anilines is 1. The third kappa shape index (κ3) is 3.14. The van der Waals surface area contributed by atoms with Crippen LogP contribution in [0.3, 0.4) is 0 Å². The average molecular weight is 365 g/mol. The summed E-state index contributed by atoms with van der Waals surface area (Å²) < 4.78 is 7.51. The molecule has 7 nitrogen and oxygen atoms in total.